The number of benzene rings is 3. The molecule has 3 N–H and O–H groups in total. The van der Waals surface area contributed by atoms with E-state index in [-0.39, 0.29) is 22.6 Å². The summed E-state index contributed by atoms with van der Waals surface area (Å²) in [6, 6.07) is 20.0. The van der Waals surface area contributed by atoms with E-state index >= 15 is 0 Å². The fourth-order valence-electron chi connectivity index (χ4n) is 3.04. The molecule has 0 aliphatic rings. The average molecular weight is 416 g/mol. The Balaban J connectivity index is 1.74. The maximum atomic E-state index is 12.6. The monoisotopic (exact) mass is 416 g/mol. The molecule has 31 heavy (non-hydrogen) atoms. The van der Waals surface area contributed by atoms with E-state index in [0.29, 0.717) is 16.8 Å². The van der Waals surface area contributed by atoms with Crippen LogP contribution in [0.3, 0.4) is 0 Å². The molecule has 0 bridgehead atoms. The summed E-state index contributed by atoms with van der Waals surface area (Å²) < 4.78 is 0. The van der Waals surface area contributed by atoms with Crippen molar-refractivity contribution in [3.05, 3.63) is 95.1 Å². The number of nitrogens with one attached hydrogen (secondary N) is 2. The molecule has 0 aliphatic heterocycles. The second kappa shape index (κ2) is 8.83. The van der Waals surface area contributed by atoms with Crippen LogP contribution < -0.4 is 10.6 Å². The average Bonchev–Trinajstić information content (AvgIpc) is 2.73. The smallest absolute Gasteiger partial charge is 0.337 e. The topological polar surface area (TPSA) is 95.5 Å². The number of rotatable bonds is 5. The number of anilines is 2. The van der Waals surface area contributed by atoms with Gasteiger partial charge in [-0.3, -0.25) is 9.59 Å². The van der Waals surface area contributed by atoms with Crippen LogP contribution in [0.2, 0.25) is 0 Å². The minimum Gasteiger partial charge on any atom is -0.478 e. The zero-order valence-electron chi connectivity index (χ0n) is 17.6. The van der Waals surface area contributed by atoms with E-state index < -0.39 is 11.9 Å². The van der Waals surface area contributed by atoms with Gasteiger partial charge in [0.15, 0.2) is 0 Å². The molecule has 0 fully saturated rings. The first-order valence-corrected chi connectivity index (χ1v) is 9.81. The zero-order valence-corrected chi connectivity index (χ0v) is 17.6. The van der Waals surface area contributed by atoms with Crippen molar-refractivity contribution in [3.8, 4) is 0 Å². The second-order valence-corrected chi connectivity index (χ2v) is 8.17. The Morgan fingerprint density at radius 1 is 0.742 bits per heavy atom. The summed E-state index contributed by atoms with van der Waals surface area (Å²) in [6.45, 7) is 6.31. The summed E-state index contributed by atoms with van der Waals surface area (Å²) in [5.41, 5.74) is 2.59. The molecule has 0 radical (unpaired) electrons. The first-order valence-electron chi connectivity index (χ1n) is 9.81. The summed E-state index contributed by atoms with van der Waals surface area (Å²) in [5, 5.41) is 14.7. The van der Waals surface area contributed by atoms with Gasteiger partial charge in [-0.05, 0) is 53.4 Å². The minimum absolute atomic E-state index is 0.000916. The number of amides is 2. The number of aromatic carboxylic acids is 1. The Bertz CT molecular complexity index is 1130. The molecule has 0 aromatic heterocycles. The van der Waals surface area contributed by atoms with Crippen molar-refractivity contribution in [1.29, 1.82) is 0 Å². The van der Waals surface area contributed by atoms with Gasteiger partial charge in [0, 0.05) is 16.8 Å². The Kier molecular flexibility index (Phi) is 6.20. The Labute approximate surface area is 180 Å². The summed E-state index contributed by atoms with van der Waals surface area (Å²) >= 11 is 0. The molecule has 3 aromatic carbocycles. The molecule has 3 rings (SSSR count). The predicted octanol–water partition coefficient (Wildman–Crippen LogP) is 5.19. The van der Waals surface area contributed by atoms with Gasteiger partial charge in [-0.25, -0.2) is 4.79 Å². The fraction of sp³-hybridized carbons (Fsp3) is 0.160. The quantitative estimate of drug-likeness (QED) is 0.534. The SMILES string of the molecule is CC(C)(C)c1ccc(C(=O)Nc2cccc(C(=O)Nc3ccccc3C(=O)O)c2)cc1. The highest BCUT2D eigenvalue weighted by Crippen LogP contribution is 2.23. The molecule has 158 valence electrons. The van der Waals surface area contributed by atoms with Gasteiger partial charge in [-0.2, -0.15) is 0 Å². The van der Waals surface area contributed by atoms with Crippen molar-refractivity contribution < 1.29 is 19.5 Å². The largest absolute Gasteiger partial charge is 0.478 e. The number of carboxylic acids is 1. The molecule has 0 saturated carbocycles. The van der Waals surface area contributed by atoms with Crippen molar-refractivity contribution >= 4 is 29.2 Å². The lowest BCUT2D eigenvalue weighted by molar-refractivity contribution is 0.0697. The van der Waals surface area contributed by atoms with Crippen LogP contribution in [-0.4, -0.2) is 22.9 Å². The standard InChI is InChI=1S/C25H24N2O4/c1-25(2,3)18-13-11-16(12-14-18)22(28)26-19-8-6-7-17(15-19)23(29)27-21-10-5-4-9-20(21)24(30)31/h4-15H,1-3H3,(H,26,28)(H,27,29)(H,30,31). The number of carboxylic acid groups (broad SMARTS) is 1. The predicted molar refractivity (Wildman–Crippen MR) is 121 cm³/mol. The van der Waals surface area contributed by atoms with Gasteiger partial charge in [0.05, 0.1) is 11.3 Å². The lowest BCUT2D eigenvalue weighted by Crippen LogP contribution is -2.16. The fourth-order valence-corrected chi connectivity index (χ4v) is 3.04. The summed E-state index contributed by atoms with van der Waals surface area (Å²) in [4.78, 5) is 36.5. The highest BCUT2D eigenvalue weighted by atomic mass is 16.4. The lowest BCUT2D eigenvalue weighted by Gasteiger charge is -2.19. The van der Waals surface area contributed by atoms with Gasteiger partial charge in [0.25, 0.3) is 11.8 Å². The van der Waals surface area contributed by atoms with E-state index in [1.54, 1.807) is 48.5 Å². The van der Waals surface area contributed by atoms with E-state index in [4.69, 9.17) is 0 Å². The molecule has 6 nitrogen and oxygen atoms in total. The van der Waals surface area contributed by atoms with Crippen LogP contribution in [0, 0.1) is 0 Å². The Morgan fingerprint density at radius 2 is 1.39 bits per heavy atom. The molecule has 0 spiro atoms. The van der Waals surface area contributed by atoms with Crippen LogP contribution in [0.1, 0.15) is 57.4 Å². The normalized spacial score (nSPS) is 10.9. The number of carbonyl (C=O) groups is 3. The Hall–Kier alpha value is -3.93. The summed E-state index contributed by atoms with van der Waals surface area (Å²) in [6.07, 6.45) is 0. The third-order valence-electron chi connectivity index (χ3n) is 4.80. The molecule has 0 atom stereocenters. The summed E-state index contributed by atoms with van der Waals surface area (Å²) in [5.74, 6) is -1.89. The molecule has 2 amide bonds. The van der Waals surface area contributed by atoms with E-state index in [1.165, 1.54) is 12.1 Å². The van der Waals surface area contributed by atoms with Gasteiger partial charge < -0.3 is 15.7 Å². The van der Waals surface area contributed by atoms with Gasteiger partial charge in [-0.15, -0.1) is 0 Å². The molecule has 0 saturated heterocycles. The molecule has 0 heterocycles. The van der Waals surface area contributed by atoms with Gasteiger partial charge in [0.2, 0.25) is 0 Å². The number of carbonyl (C=O) groups excluding carboxylic acids is 2. The molecule has 0 unspecified atom stereocenters. The molecule has 6 heteroatoms. The number of hydrogen-bond acceptors (Lipinski definition) is 3. The third kappa shape index (κ3) is 5.36. The first-order chi connectivity index (χ1) is 14.6. The lowest BCUT2D eigenvalue weighted by atomic mass is 9.87. The maximum Gasteiger partial charge on any atom is 0.337 e. The van der Waals surface area contributed by atoms with E-state index in [1.807, 2.05) is 12.1 Å². The van der Waals surface area contributed by atoms with Crippen LogP contribution in [0.25, 0.3) is 0 Å². The van der Waals surface area contributed by atoms with Crippen molar-refractivity contribution in [1.82, 2.24) is 0 Å². The van der Waals surface area contributed by atoms with E-state index in [9.17, 15) is 19.5 Å². The minimum atomic E-state index is -1.13. The maximum absolute atomic E-state index is 12.6. The van der Waals surface area contributed by atoms with E-state index in [2.05, 4.69) is 31.4 Å². The highest BCUT2D eigenvalue weighted by Gasteiger charge is 2.16. The molecule has 3 aromatic rings. The van der Waals surface area contributed by atoms with Crippen LogP contribution in [0.5, 0.6) is 0 Å². The van der Waals surface area contributed by atoms with Crippen LogP contribution >= 0.6 is 0 Å². The van der Waals surface area contributed by atoms with Crippen LogP contribution in [0.15, 0.2) is 72.8 Å². The zero-order chi connectivity index (χ0) is 22.6. The van der Waals surface area contributed by atoms with Crippen LogP contribution in [-0.2, 0) is 5.41 Å². The molecule has 0 aliphatic carbocycles. The molecular weight excluding hydrogens is 392 g/mol. The first kappa shape index (κ1) is 21.8. The van der Waals surface area contributed by atoms with Crippen LogP contribution in [0.4, 0.5) is 11.4 Å². The van der Waals surface area contributed by atoms with Gasteiger partial charge >= 0.3 is 5.97 Å². The van der Waals surface area contributed by atoms with Gasteiger partial charge in [-0.1, -0.05) is 51.1 Å². The van der Waals surface area contributed by atoms with Gasteiger partial charge in [0.1, 0.15) is 0 Å². The second-order valence-electron chi connectivity index (χ2n) is 8.17. The van der Waals surface area contributed by atoms with Crippen molar-refractivity contribution in [2.24, 2.45) is 0 Å². The van der Waals surface area contributed by atoms with Crippen molar-refractivity contribution in [3.63, 3.8) is 0 Å². The summed E-state index contributed by atoms with van der Waals surface area (Å²) in [7, 11) is 0. The number of para-hydroxylation sites is 1. The Morgan fingerprint density at radius 3 is 2.03 bits per heavy atom. The third-order valence-corrected chi connectivity index (χ3v) is 4.80. The van der Waals surface area contributed by atoms with Crippen molar-refractivity contribution in [2.75, 3.05) is 10.6 Å². The highest BCUT2D eigenvalue weighted by molar-refractivity contribution is 6.09. The van der Waals surface area contributed by atoms with E-state index in [0.717, 1.165) is 5.56 Å². The van der Waals surface area contributed by atoms with Crippen molar-refractivity contribution in [2.45, 2.75) is 26.2 Å². The number of hydrogen-bond donors (Lipinski definition) is 3. The molecular formula is C25H24N2O4.